The molecule has 3 N–H and O–H groups in total. The van der Waals surface area contributed by atoms with Crippen LogP contribution in [-0.4, -0.2) is 33.2 Å². The zero-order valence-corrected chi connectivity index (χ0v) is 10.0. The smallest absolute Gasteiger partial charge is 0.356 e. The van der Waals surface area contributed by atoms with E-state index in [1.807, 2.05) is 0 Å². The Bertz CT molecular complexity index is 506. The quantitative estimate of drug-likeness (QED) is 0.766. The van der Waals surface area contributed by atoms with Gasteiger partial charge in [-0.1, -0.05) is 11.6 Å². The van der Waals surface area contributed by atoms with Crippen LogP contribution in [0.2, 0.25) is 5.02 Å². The fraction of sp³-hybridized carbons (Fsp3) is 0.364. The maximum atomic E-state index is 10.8. The minimum Gasteiger partial charge on any atom is -0.480 e. The zero-order chi connectivity index (χ0) is 13.3. The van der Waals surface area contributed by atoms with Crippen molar-refractivity contribution in [3.05, 3.63) is 28.5 Å². The van der Waals surface area contributed by atoms with Gasteiger partial charge in [-0.2, -0.15) is 0 Å². The molecule has 2 atom stereocenters. The van der Waals surface area contributed by atoms with Crippen molar-refractivity contribution in [2.45, 2.75) is 24.9 Å². The number of aliphatic carboxylic acids is 1. The Balaban J connectivity index is 2.18. The van der Waals surface area contributed by atoms with E-state index in [2.05, 4.69) is 10.3 Å². The molecule has 0 bridgehead atoms. The average Bonchev–Trinajstić information content (AvgIpc) is 2.77. The fourth-order valence-corrected chi connectivity index (χ4v) is 2.26. The van der Waals surface area contributed by atoms with Gasteiger partial charge in [0.2, 0.25) is 0 Å². The second-order valence-electron chi connectivity index (χ2n) is 4.09. The molecule has 1 saturated heterocycles. The third-order valence-electron chi connectivity index (χ3n) is 2.91. The first-order valence-corrected chi connectivity index (χ1v) is 5.74. The van der Waals surface area contributed by atoms with Gasteiger partial charge in [-0.3, -0.25) is 10.1 Å². The highest BCUT2D eigenvalue weighted by Gasteiger charge is 2.30. The minimum atomic E-state index is -1.19. The largest absolute Gasteiger partial charge is 0.480 e. The molecule has 0 unspecified atom stereocenters. The van der Waals surface area contributed by atoms with Gasteiger partial charge >= 0.3 is 11.9 Å². The Morgan fingerprint density at radius 3 is 2.61 bits per heavy atom. The summed E-state index contributed by atoms with van der Waals surface area (Å²) in [6, 6.07) is 0.784. The van der Waals surface area contributed by atoms with Gasteiger partial charge in [0, 0.05) is 12.2 Å². The number of hydrogen-bond donors (Lipinski definition) is 3. The first-order valence-electron chi connectivity index (χ1n) is 5.36. The second-order valence-corrected chi connectivity index (χ2v) is 4.50. The Morgan fingerprint density at radius 1 is 1.39 bits per heavy atom. The molecule has 6 nitrogen and oxygen atoms in total. The van der Waals surface area contributed by atoms with Crippen molar-refractivity contribution in [1.29, 1.82) is 0 Å². The number of carboxylic acids is 2. The molecule has 1 aromatic heterocycles. The first-order chi connectivity index (χ1) is 8.49. The molecule has 7 heteroatoms. The van der Waals surface area contributed by atoms with E-state index >= 15 is 0 Å². The van der Waals surface area contributed by atoms with E-state index in [9.17, 15) is 9.59 Å². The average molecular weight is 271 g/mol. The highest BCUT2D eigenvalue weighted by molar-refractivity contribution is 6.33. The van der Waals surface area contributed by atoms with Crippen molar-refractivity contribution >= 4 is 23.5 Å². The van der Waals surface area contributed by atoms with Crippen molar-refractivity contribution in [3.63, 3.8) is 0 Å². The second kappa shape index (κ2) is 4.91. The minimum absolute atomic E-state index is 0.0561. The number of pyridine rings is 1. The molecule has 2 rings (SSSR count). The van der Waals surface area contributed by atoms with Crippen molar-refractivity contribution in [2.24, 2.45) is 0 Å². The van der Waals surface area contributed by atoms with Gasteiger partial charge in [0.05, 0.1) is 5.02 Å². The normalized spacial score (nSPS) is 22.9. The molecule has 1 aliphatic rings. The third-order valence-corrected chi connectivity index (χ3v) is 3.20. The van der Waals surface area contributed by atoms with Crippen LogP contribution in [-0.2, 0) is 4.79 Å². The third kappa shape index (κ3) is 2.44. The Kier molecular flexibility index (Phi) is 3.49. The summed E-state index contributed by atoms with van der Waals surface area (Å²) >= 11 is 5.81. The van der Waals surface area contributed by atoms with E-state index in [1.54, 1.807) is 0 Å². The molecule has 18 heavy (non-hydrogen) atoms. The lowest BCUT2D eigenvalue weighted by Crippen LogP contribution is -2.31. The maximum Gasteiger partial charge on any atom is 0.356 e. The van der Waals surface area contributed by atoms with Crippen molar-refractivity contribution in [1.82, 2.24) is 10.3 Å². The number of rotatable bonds is 3. The summed E-state index contributed by atoms with van der Waals surface area (Å²) in [5.74, 6) is -2.08. The number of nitrogens with zero attached hydrogens (tertiary/aromatic N) is 1. The summed E-state index contributed by atoms with van der Waals surface area (Å²) in [6.07, 6.45) is 2.59. The van der Waals surface area contributed by atoms with E-state index in [0.717, 1.165) is 0 Å². The molecule has 0 aromatic carbocycles. The highest BCUT2D eigenvalue weighted by Crippen LogP contribution is 2.28. The van der Waals surface area contributed by atoms with E-state index in [0.29, 0.717) is 18.4 Å². The van der Waals surface area contributed by atoms with Crippen molar-refractivity contribution in [3.8, 4) is 0 Å². The van der Waals surface area contributed by atoms with Crippen molar-refractivity contribution < 1.29 is 19.8 Å². The van der Waals surface area contributed by atoms with Crippen LogP contribution in [0.25, 0.3) is 0 Å². The topological polar surface area (TPSA) is 99.5 Å². The van der Waals surface area contributed by atoms with Crippen LogP contribution in [0.4, 0.5) is 0 Å². The molecule has 2 heterocycles. The van der Waals surface area contributed by atoms with Gasteiger partial charge in [0.25, 0.3) is 0 Å². The van der Waals surface area contributed by atoms with Crippen LogP contribution in [0.3, 0.4) is 0 Å². The number of nitrogens with one attached hydrogen (secondary N) is 1. The van der Waals surface area contributed by atoms with Crippen LogP contribution in [0.5, 0.6) is 0 Å². The molecule has 0 aliphatic carbocycles. The molecule has 96 valence electrons. The predicted molar refractivity (Wildman–Crippen MR) is 62.7 cm³/mol. The van der Waals surface area contributed by atoms with Gasteiger partial charge in [-0.15, -0.1) is 0 Å². The number of aromatic carboxylic acids is 1. The van der Waals surface area contributed by atoms with E-state index in [4.69, 9.17) is 21.8 Å². The van der Waals surface area contributed by atoms with Crippen LogP contribution in [0.1, 0.15) is 34.9 Å². The van der Waals surface area contributed by atoms with Crippen LogP contribution in [0, 0.1) is 0 Å². The summed E-state index contributed by atoms with van der Waals surface area (Å²) in [7, 11) is 0. The molecule has 0 spiro atoms. The van der Waals surface area contributed by atoms with Crippen LogP contribution >= 0.6 is 11.6 Å². The molecule has 1 aliphatic heterocycles. The zero-order valence-electron chi connectivity index (χ0n) is 9.26. The lowest BCUT2D eigenvalue weighted by atomic mass is 10.1. The molecule has 1 aromatic rings. The Morgan fingerprint density at radius 2 is 2.11 bits per heavy atom. The van der Waals surface area contributed by atoms with Gasteiger partial charge in [0.1, 0.15) is 6.04 Å². The summed E-state index contributed by atoms with van der Waals surface area (Å²) < 4.78 is 0. The van der Waals surface area contributed by atoms with Crippen LogP contribution < -0.4 is 5.32 Å². The first kappa shape index (κ1) is 12.8. The number of halogens is 1. The van der Waals surface area contributed by atoms with Gasteiger partial charge in [-0.05, 0) is 24.5 Å². The number of aromatic nitrogens is 1. The van der Waals surface area contributed by atoms with Gasteiger partial charge in [-0.25, -0.2) is 9.78 Å². The number of carbonyl (C=O) groups is 2. The molecule has 0 saturated carbocycles. The summed E-state index contributed by atoms with van der Waals surface area (Å²) in [5.41, 5.74) is 0.502. The Hall–Kier alpha value is -1.66. The lowest BCUT2D eigenvalue weighted by molar-refractivity contribution is -0.139. The van der Waals surface area contributed by atoms with Gasteiger partial charge < -0.3 is 10.2 Å². The van der Waals surface area contributed by atoms with E-state index in [-0.39, 0.29) is 16.8 Å². The molecule has 1 fully saturated rings. The van der Waals surface area contributed by atoms with E-state index < -0.39 is 18.0 Å². The van der Waals surface area contributed by atoms with Gasteiger partial charge in [0.15, 0.2) is 5.69 Å². The molecule has 0 amide bonds. The standard InChI is InChI=1S/C11H11ClN2O4/c12-6-3-5(4-13-9(6)11(17)18)7-1-2-8(14-7)10(15)16/h3-4,7-8,14H,1-2H2,(H,15,16)(H,17,18)/t7-,8+/m0/s1. The fourth-order valence-electron chi connectivity index (χ4n) is 2.00. The predicted octanol–water partition coefficient (Wildman–Crippen LogP) is 1.31. The van der Waals surface area contributed by atoms with Crippen LogP contribution in [0.15, 0.2) is 12.3 Å². The SMILES string of the molecule is O=C(O)c1ncc([C@@H]2CC[C@H](C(=O)O)N2)cc1Cl. The summed E-state index contributed by atoms with van der Waals surface area (Å²) in [5, 5.41) is 20.7. The maximum absolute atomic E-state index is 10.8. The van der Waals surface area contributed by atoms with E-state index in [1.165, 1.54) is 12.3 Å². The Labute approximate surface area is 108 Å². The number of carboxylic acid groups (broad SMARTS) is 2. The summed E-state index contributed by atoms with van der Waals surface area (Å²) in [6.45, 7) is 0. The monoisotopic (exact) mass is 270 g/mol. The highest BCUT2D eigenvalue weighted by atomic mass is 35.5. The number of hydrogen-bond acceptors (Lipinski definition) is 4. The lowest BCUT2D eigenvalue weighted by Gasteiger charge is -2.12. The van der Waals surface area contributed by atoms with Crippen molar-refractivity contribution in [2.75, 3.05) is 0 Å². The molecular formula is C11H11ClN2O4. The summed E-state index contributed by atoms with van der Waals surface area (Å²) in [4.78, 5) is 25.3. The molecular weight excluding hydrogens is 260 g/mol. The molecule has 0 radical (unpaired) electrons.